The van der Waals surface area contributed by atoms with Crippen LogP contribution in [-0.4, -0.2) is 24.4 Å². The number of hydrogen-bond acceptors (Lipinski definition) is 2. The summed E-state index contributed by atoms with van der Waals surface area (Å²) in [5.41, 5.74) is 0.681. The highest BCUT2D eigenvalue weighted by molar-refractivity contribution is 5.70. The molecule has 1 N–H and O–H groups in total. The van der Waals surface area contributed by atoms with Crippen molar-refractivity contribution in [3.63, 3.8) is 0 Å². The zero-order valence-corrected chi connectivity index (χ0v) is 8.28. The van der Waals surface area contributed by atoms with Crippen LogP contribution in [0.15, 0.2) is 24.3 Å². The minimum atomic E-state index is -0.879. The summed E-state index contributed by atoms with van der Waals surface area (Å²) in [6, 6.07) is 6.83. The third-order valence-corrected chi connectivity index (χ3v) is 1.80. The highest BCUT2D eigenvalue weighted by Gasteiger charge is 2.01. The molecule has 0 amide bonds. The topological polar surface area (TPSA) is 46.5 Å². The van der Waals surface area contributed by atoms with Crippen LogP contribution >= 0.6 is 0 Å². The van der Waals surface area contributed by atoms with Crippen molar-refractivity contribution in [2.75, 3.05) is 13.3 Å². The Kier molecular flexibility index (Phi) is 4.60. The van der Waals surface area contributed by atoms with Gasteiger partial charge in [0.2, 0.25) is 0 Å². The Morgan fingerprint density at radius 1 is 1.47 bits per heavy atom. The first-order valence-electron chi connectivity index (χ1n) is 4.72. The Balaban J connectivity index is 2.53. The van der Waals surface area contributed by atoms with Crippen molar-refractivity contribution in [1.29, 1.82) is 0 Å². The quantitative estimate of drug-likeness (QED) is 0.734. The van der Waals surface area contributed by atoms with E-state index in [2.05, 4.69) is 0 Å². The number of alkyl halides is 1. The second-order valence-corrected chi connectivity index (χ2v) is 3.11. The van der Waals surface area contributed by atoms with Crippen LogP contribution in [0.2, 0.25) is 0 Å². The second kappa shape index (κ2) is 6.01. The number of benzene rings is 1. The number of carboxylic acid groups (broad SMARTS) is 1. The van der Waals surface area contributed by atoms with Crippen molar-refractivity contribution >= 4 is 5.97 Å². The summed E-state index contributed by atoms with van der Waals surface area (Å²) in [5, 5.41) is 8.58. The Bertz CT molecular complexity index is 325. The van der Waals surface area contributed by atoms with Gasteiger partial charge in [0.05, 0.1) is 19.7 Å². The summed E-state index contributed by atoms with van der Waals surface area (Å²) >= 11 is 0. The summed E-state index contributed by atoms with van der Waals surface area (Å²) in [7, 11) is 0. The van der Waals surface area contributed by atoms with E-state index in [1.807, 2.05) is 0 Å². The average Bonchev–Trinajstić information content (AvgIpc) is 2.18. The van der Waals surface area contributed by atoms with Gasteiger partial charge in [-0.15, -0.1) is 0 Å². The van der Waals surface area contributed by atoms with Gasteiger partial charge in [-0.3, -0.25) is 9.18 Å². The molecular formula is C11H13FO3. The highest BCUT2D eigenvalue weighted by atomic mass is 19.1. The normalized spacial score (nSPS) is 9.93. The first-order valence-corrected chi connectivity index (χ1v) is 4.72. The van der Waals surface area contributed by atoms with Crippen LogP contribution in [0.4, 0.5) is 4.39 Å². The molecule has 0 bridgehead atoms. The van der Waals surface area contributed by atoms with Gasteiger partial charge in [-0.05, 0) is 17.7 Å². The number of halogens is 1. The maximum atomic E-state index is 11.8. The lowest BCUT2D eigenvalue weighted by Crippen LogP contribution is -2.01. The van der Waals surface area contributed by atoms with Crippen molar-refractivity contribution in [3.8, 4) is 5.75 Å². The van der Waals surface area contributed by atoms with Crippen molar-refractivity contribution in [2.24, 2.45) is 0 Å². The van der Waals surface area contributed by atoms with E-state index in [1.165, 1.54) is 0 Å². The summed E-state index contributed by atoms with van der Waals surface area (Å²) in [6.07, 6.45) is 0.323. The molecule has 0 aromatic heterocycles. The van der Waals surface area contributed by atoms with E-state index < -0.39 is 12.6 Å². The smallest absolute Gasteiger partial charge is 0.307 e. The van der Waals surface area contributed by atoms with Crippen molar-refractivity contribution < 1.29 is 19.0 Å². The molecule has 0 atom stereocenters. The summed E-state index contributed by atoms with van der Waals surface area (Å²) < 4.78 is 17.0. The van der Waals surface area contributed by atoms with E-state index in [0.29, 0.717) is 24.3 Å². The minimum absolute atomic E-state index is 0.0275. The number of hydrogen-bond donors (Lipinski definition) is 1. The van der Waals surface area contributed by atoms with E-state index >= 15 is 0 Å². The van der Waals surface area contributed by atoms with Crippen LogP contribution in [-0.2, 0) is 11.2 Å². The van der Waals surface area contributed by atoms with Crippen molar-refractivity contribution in [1.82, 2.24) is 0 Å². The van der Waals surface area contributed by atoms with Crippen LogP contribution in [0.25, 0.3) is 0 Å². The maximum Gasteiger partial charge on any atom is 0.307 e. The number of ether oxygens (including phenoxy) is 1. The van der Waals surface area contributed by atoms with Gasteiger partial charge in [-0.25, -0.2) is 0 Å². The van der Waals surface area contributed by atoms with Gasteiger partial charge in [0.25, 0.3) is 0 Å². The van der Waals surface area contributed by atoms with Crippen LogP contribution in [0, 0.1) is 0 Å². The lowest BCUT2D eigenvalue weighted by molar-refractivity contribution is -0.136. The van der Waals surface area contributed by atoms with Crippen molar-refractivity contribution in [3.05, 3.63) is 29.8 Å². The highest BCUT2D eigenvalue weighted by Crippen LogP contribution is 2.14. The van der Waals surface area contributed by atoms with E-state index in [-0.39, 0.29) is 6.42 Å². The molecule has 15 heavy (non-hydrogen) atoms. The minimum Gasteiger partial charge on any atom is -0.493 e. The molecule has 3 nitrogen and oxygen atoms in total. The first kappa shape index (κ1) is 11.5. The molecule has 0 aliphatic heterocycles. The van der Waals surface area contributed by atoms with Gasteiger partial charge < -0.3 is 9.84 Å². The molecule has 0 saturated heterocycles. The average molecular weight is 212 g/mol. The molecule has 0 spiro atoms. The van der Waals surface area contributed by atoms with Crippen LogP contribution in [0.5, 0.6) is 5.75 Å². The second-order valence-electron chi connectivity index (χ2n) is 3.11. The fourth-order valence-corrected chi connectivity index (χ4v) is 1.16. The third kappa shape index (κ3) is 4.44. The third-order valence-electron chi connectivity index (χ3n) is 1.80. The summed E-state index contributed by atoms with van der Waals surface area (Å²) in [4.78, 5) is 10.4. The Morgan fingerprint density at radius 2 is 2.27 bits per heavy atom. The van der Waals surface area contributed by atoms with Crippen LogP contribution in [0.1, 0.15) is 12.0 Å². The lowest BCUT2D eigenvalue weighted by atomic mass is 10.1. The monoisotopic (exact) mass is 212 g/mol. The molecule has 0 heterocycles. The SMILES string of the molecule is O=C(O)Cc1cccc(OCCCF)c1. The fraction of sp³-hybridized carbons (Fsp3) is 0.364. The van der Waals surface area contributed by atoms with Gasteiger partial charge >= 0.3 is 5.97 Å². The molecular weight excluding hydrogens is 199 g/mol. The van der Waals surface area contributed by atoms with Gasteiger partial charge in [-0.1, -0.05) is 12.1 Å². The molecule has 1 aromatic carbocycles. The molecule has 0 aliphatic rings. The van der Waals surface area contributed by atoms with E-state index in [4.69, 9.17) is 9.84 Å². The number of aliphatic carboxylic acids is 1. The molecule has 82 valence electrons. The molecule has 0 fully saturated rings. The molecule has 1 rings (SSSR count). The molecule has 1 aromatic rings. The molecule has 0 saturated carbocycles. The van der Waals surface area contributed by atoms with Gasteiger partial charge in [-0.2, -0.15) is 0 Å². The van der Waals surface area contributed by atoms with E-state index in [9.17, 15) is 9.18 Å². The van der Waals surface area contributed by atoms with Gasteiger partial charge in [0, 0.05) is 6.42 Å². The predicted octanol–water partition coefficient (Wildman–Crippen LogP) is 2.05. The Labute approximate surface area is 87.5 Å². The summed E-state index contributed by atoms with van der Waals surface area (Å²) in [6.45, 7) is -0.0954. The molecule has 0 aliphatic carbocycles. The summed E-state index contributed by atoms with van der Waals surface area (Å²) in [5.74, 6) is -0.293. The van der Waals surface area contributed by atoms with Crippen LogP contribution < -0.4 is 4.74 Å². The Morgan fingerprint density at radius 3 is 2.93 bits per heavy atom. The molecule has 0 radical (unpaired) electrons. The predicted molar refractivity (Wildman–Crippen MR) is 53.9 cm³/mol. The largest absolute Gasteiger partial charge is 0.493 e. The van der Waals surface area contributed by atoms with E-state index in [1.54, 1.807) is 24.3 Å². The Hall–Kier alpha value is -1.58. The lowest BCUT2D eigenvalue weighted by Gasteiger charge is -2.05. The zero-order valence-electron chi connectivity index (χ0n) is 8.28. The first-order chi connectivity index (χ1) is 7.22. The van der Waals surface area contributed by atoms with E-state index in [0.717, 1.165) is 0 Å². The van der Waals surface area contributed by atoms with Crippen molar-refractivity contribution in [2.45, 2.75) is 12.8 Å². The zero-order chi connectivity index (χ0) is 11.1. The van der Waals surface area contributed by atoms with Crippen LogP contribution in [0.3, 0.4) is 0 Å². The maximum absolute atomic E-state index is 11.8. The fourth-order valence-electron chi connectivity index (χ4n) is 1.16. The number of rotatable bonds is 6. The van der Waals surface area contributed by atoms with Gasteiger partial charge in [0.1, 0.15) is 5.75 Å². The number of carbonyl (C=O) groups is 1. The van der Waals surface area contributed by atoms with Gasteiger partial charge in [0.15, 0.2) is 0 Å². The standard InChI is InChI=1S/C11H13FO3/c12-5-2-6-15-10-4-1-3-9(7-10)8-11(13)14/h1,3-4,7H,2,5-6,8H2,(H,13,14). The number of carboxylic acids is 1. The molecule has 4 heteroatoms. The molecule has 0 unspecified atom stereocenters.